The summed E-state index contributed by atoms with van der Waals surface area (Å²) < 4.78 is 11.4. The lowest BCUT2D eigenvalue weighted by atomic mass is 10.1. The van der Waals surface area contributed by atoms with Gasteiger partial charge in [-0.3, -0.25) is 9.69 Å². The number of hydrogen-bond acceptors (Lipinski definition) is 5. The van der Waals surface area contributed by atoms with E-state index in [4.69, 9.17) is 9.47 Å². The minimum Gasteiger partial charge on any atom is -0.493 e. The minimum absolute atomic E-state index is 0.0921. The SMILES string of the molecule is COc1ccc(N2C(=O)c3ccccc3C2O)cc1OC1CCC(O)C1. The van der Waals surface area contributed by atoms with Gasteiger partial charge in [0.05, 0.1) is 18.9 Å². The first kappa shape index (κ1) is 16.9. The average Bonchev–Trinajstić information content (AvgIpc) is 3.17. The van der Waals surface area contributed by atoms with Crippen LogP contribution in [0.15, 0.2) is 42.5 Å². The first-order valence-corrected chi connectivity index (χ1v) is 8.72. The van der Waals surface area contributed by atoms with Crippen LogP contribution in [0.3, 0.4) is 0 Å². The Morgan fingerprint density at radius 2 is 1.88 bits per heavy atom. The third-order valence-electron chi connectivity index (χ3n) is 5.01. The molecule has 3 atom stereocenters. The largest absolute Gasteiger partial charge is 0.493 e. The van der Waals surface area contributed by atoms with Crippen molar-refractivity contribution in [3.05, 3.63) is 53.6 Å². The van der Waals surface area contributed by atoms with Gasteiger partial charge in [-0.1, -0.05) is 18.2 Å². The van der Waals surface area contributed by atoms with Gasteiger partial charge in [0.2, 0.25) is 0 Å². The number of ether oxygens (including phenoxy) is 2. The summed E-state index contributed by atoms with van der Waals surface area (Å²) in [6.07, 6.45) is 0.588. The molecule has 0 bridgehead atoms. The van der Waals surface area contributed by atoms with Crippen molar-refractivity contribution < 1.29 is 24.5 Å². The van der Waals surface area contributed by atoms with Crippen molar-refractivity contribution in [2.75, 3.05) is 12.0 Å². The van der Waals surface area contributed by atoms with Crippen LogP contribution in [0.1, 0.15) is 41.4 Å². The lowest BCUT2D eigenvalue weighted by molar-refractivity contribution is 0.0935. The Morgan fingerprint density at radius 1 is 1.08 bits per heavy atom. The maximum absolute atomic E-state index is 12.7. The number of carbonyl (C=O) groups excluding carboxylic acids is 1. The molecule has 2 aromatic carbocycles. The number of methoxy groups -OCH3 is 1. The minimum atomic E-state index is -1.03. The van der Waals surface area contributed by atoms with E-state index in [-0.39, 0.29) is 18.1 Å². The van der Waals surface area contributed by atoms with Crippen LogP contribution in [-0.2, 0) is 0 Å². The van der Waals surface area contributed by atoms with Crippen molar-refractivity contribution in [3.8, 4) is 11.5 Å². The molecule has 1 fully saturated rings. The summed E-state index contributed by atoms with van der Waals surface area (Å²) in [4.78, 5) is 14.1. The van der Waals surface area contributed by atoms with Gasteiger partial charge in [-0.2, -0.15) is 0 Å². The number of aliphatic hydroxyl groups excluding tert-OH is 2. The van der Waals surface area contributed by atoms with Crippen LogP contribution in [0, 0.1) is 0 Å². The fraction of sp³-hybridized carbons (Fsp3) is 0.350. The molecule has 0 spiro atoms. The maximum Gasteiger partial charge on any atom is 0.261 e. The molecular weight excluding hydrogens is 334 g/mol. The number of anilines is 1. The molecule has 0 radical (unpaired) electrons. The van der Waals surface area contributed by atoms with Crippen LogP contribution in [-0.4, -0.2) is 35.4 Å². The predicted octanol–water partition coefficient (Wildman–Crippen LogP) is 2.64. The first-order chi connectivity index (χ1) is 12.6. The third kappa shape index (κ3) is 2.81. The van der Waals surface area contributed by atoms with Crippen LogP contribution >= 0.6 is 0 Å². The zero-order valence-corrected chi connectivity index (χ0v) is 14.5. The fourth-order valence-corrected chi connectivity index (χ4v) is 3.67. The van der Waals surface area contributed by atoms with Gasteiger partial charge in [-0.15, -0.1) is 0 Å². The van der Waals surface area contributed by atoms with Crippen molar-refractivity contribution in [2.24, 2.45) is 0 Å². The summed E-state index contributed by atoms with van der Waals surface area (Å²) in [5.74, 6) is 0.800. The van der Waals surface area contributed by atoms with Gasteiger partial charge < -0.3 is 19.7 Å². The number of benzene rings is 2. The molecule has 3 unspecified atom stereocenters. The first-order valence-electron chi connectivity index (χ1n) is 8.72. The summed E-state index contributed by atoms with van der Waals surface area (Å²) in [5, 5.41) is 20.3. The molecule has 1 saturated carbocycles. The van der Waals surface area contributed by atoms with E-state index < -0.39 is 6.23 Å². The Balaban J connectivity index is 1.65. The van der Waals surface area contributed by atoms with Gasteiger partial charge in [-0.05, 0) is 31.0 Å². The summed E-state index contributed by atoms with van der Waals surface area (Å²) >= 11 is 0. The normalized spacial score (nSPS) is 24.7. The zero-order chi connectivity index (χ0) is 18.3. The Bertz CT molecular complexity index is 837. The van der Waals surface area contributed by atoms with Gasteiger partial charge in [0.1, 0.15) is 6.10 Å². The number of fused-ring (bicyclic) bond motifs is 1. The van der Waals surface area contributed by atoms with Crippen LogP contribution in [0.5, 0.6) is 11.5 Å². The van der Waals surface area contributed by atoms with Gasteiger partial charge in [0, 0.05) is 23.6 Å². The Labute approximate surface area is 151 Å². The van der Waals surface area contributed by atoms with Gasteiger partial charge in [0.25, 0.3) is 5.91 Å². The lowest BCUT2D eigenvalue weighted by Gasteiger charge is -2.23. The van der Waals surface area contributed by atoms with Crippen molar-refractivity contribution in [3.63, 3.8) is 0 Å². The second-order valence-electron chi connectivity index (χ2n) is 6.68. The number of hydrogen-bond donors (Lipinski definition) is 2. The van der Waals surface area contributed by atoms with Crippen molar-refractivity contribution in [1.82, 2.24) is 0 Å². The van der Waals surface area contributed by atoms with E-state index in [0.29, 0.717) is 41.2 Å². The van der Waals surface area contributed by atoms with Gasteiger partial charge >= 0.3 is 0 Å². The summed E-state index contributed by atoms with van der Waals surface area (Å²) in [6.45, 7) is 0. The van der Waals surface area contributed by atoms with E-state index in [1.807, 2.05) is 0 Å². The van der Waals surface area contributed by atoms with Crippen LogP contribution in [0.2, 0.25) is 0 Å². The molecule has 4 rings (SSSR count). The van der Waals surface area contributed by atoms with E-state index in [1.165, 1.54) is 4.90 Å². The summed E-state index contributed by atoms with van der Waals surface area (Å²) in [7, 11) is 1.55. The Morgan fingerprint density at radius 3 is 2.58 bits per heavy atom. The fourth-order valence-electron chi connectivity index (χ4n) is 3.67. The average molecular weight is 355 g/mol. The predicted molar refractivity (Wildman–Crippen MR) is 95.5 cm³/mol. The lowest BCUT2D eigenvalue weighted by Crippen LogP contribution is -2.27. The monoisotopic (exact) mass is 355 g/mol. The van der Waals surface area contributed by atoms with Crippen molar-refractivity contribution in [2.45, 2.75) is 37.7 Å². The highest BCUT2D eigenvalue weighted by Crippen LogP contribution is 2.40. The highest BCUT2D eigenvalue weighted by Gasteiger charge is 2.36. The second kappa shape index (κ2) is 6.63. The molecule has 1 aliphatic carbocycles. The molecule has 136 valence electrons. The molecule has 1 amide bonds. The number of amides is 1. The molecule has 6 nitrogen and oxygen atoms in total. The molecule has 2 N–H and O–H groups in total. The van der Waals surface area contributed by atoms with Gasteiger partial charge in [0.15, 0.2) is 17.7 Å². The van der Waals surface area contributed by atoms with Crippen LogP contribution in [0.25, 0.3) is 0 Å². The number of nitrogens with zero attached hydrogens (tertiary/aromatic N) is 1. The molecule has 0 saturated heterocycles. The molecule has 2 aliphatic rings. The standard InChI is InChI=1S/C20H21NO5/c1-25-17-9-6-12(10-18(17)26-14-8-7-13(22)11-14)21-19(23)15-4-2-3-5-16(15)20(21)24/h2-6,9-10,13-14,19,22-23H,7-8,11H2,1H3. The summed E-state index contributed by atoms with van der Waals surface area (Å²) in [6, 6.07) is 12.2. The van der Waals surface area contributed by atoms with E-state index in [0.717, 1.165) is 6.42 Å². The molecule has 6 heteroatoms. The van der Waals surface area contributed by atoms with E-state index in [9.17, 15) is 15.0 Å². The van der Waals surface area contributed by atoms with E-state index >= 15 is 0 Å². The molecule has 1 aliphatic heterocycles. The highest BCUT2D eigenvalue weighted by atomic mass is 16.5. The van der Waals surface area contributed by atoms with E-state index in [2.05, 4.69) is 0 Å². The van der Waals surface area contributed by atoms with Crippen LogP contribution in [0.4, 0.5) is 5.69 Å². The van der Waals surface area contributed by atoms with E-state index in [1.54, 1.807) is 49.6 Å². The number of rotatable bonds is 4. The third-order valence-corrected chi connectivity index (χ3v) is 5.01. The molecule has 26 heavy (non-hydrogen) atoms. The number of aliphatic hydroxyl groups is 2. The molecular formula is C20H21NO5. The molecule has 1 heterocycles. The number of carbonyl (C=O) groups is 1. The molecule has 2 aromatic rings. The second-order valence-corrected chi connectivity index (χ2v) is 6.68. The van der Waals surface area contributed by atoms with Crippen LogP contribution < -0.4 is 14.4 Å². The highest BCUT2D eigenvalue weighted by molar-refractivity contribution is 6.10. The van der Waals surface area contributed by atoms with Gasteiger partial charge in [-0.25, -0.2) is 0 Å². The summed E-state index contributed by atoms with van der Waals surface area (Å²) in [5.41, 5.74) is 1.62. The Kier molecular flexibility index (Phi) is 4.30. The van der Waals surface area contributed by atoms with Crippen molar-refractivity contribution in [1.29, 1.82) is 0 Å². The quantitative estimate of drug-likeness (QED) is 0.881. The maximum atomic E-state index is 12.7. The molecule has 0 aromatic heterocycles. The zero-order valence-electron chi connectivity index (χ0n) is 14.5. The van der Waals surface area contributed by atoms with Crippen molar-refractivity contribution >= 4 is 11.6 Å². The topological polar surface area (TPSA) is 79.2 Å². The Hall–Kier alpha value is -2.57. The smallest absolute Gasteiger partial charge is 0.261 e.